The van der Waals surface area contributed by atoms with Gasteiger partial charge >= 0.3 is 0 Å². The van der Waals surface area contributed by atoms with Crippen LogP contribution in [0.25, 0.3) is 0 Å². The second kappa shape index (κ2) is 3.65. The van der Waals surface area contributed by atoms with E-state index in [9.17, 15) is 5.11 Å². The standard InChI is InChI=1S/C12H20O6/c1-10(2)15-6-12(18-10)9(13)8-7(5-14-12)16-11(3,4)17-8/h7-9,13H,5-6H2,1-4H3/t7-,8+,9+,12?/m1/s1. The van der Waals surface area contributed by atoms with E-state index in [1.807, 2.05) is 13.8 Å². The first kappa shape index (κ1) is 12.8. The van der Waals surface area contributed by atoms with Gasteiger partial charge in [-0.15, -0.1) is 0 Å². The SMILES string of the molecule is CC1(C)O[C@H]2[C@@H](COC3(COC(C)(C)O3)[C@H]2O)O1. The molecule has 0 bridgehead atoms. The van der Waals surface area contributed by atoms with Crippen molar-refractivity contribution in [3.8, 4) is 0 Å². The lowest BCUT2D eigenvalue weighted by Crippen LogP contribution is -2.61. The van der Waals surface area contributed by atoms with Crippen LogP contribution in [0.5, 0.6) is 0 Å². The molecule has 3 aliphatic heterocycles. The lowest BCUT2D eigenvalue weighted by molar-refractivity contribution is -0.326. The Morgan fingerprint density at radius 2 is 1.72 bits per heavy atom. The van der Waals surface area contributed by atoms with Gasteiger partial charge in [0.25, 0.3) is 0 Å². The lowest BCUT2D eigenvalue weighted by Gasteiger charge is -2.41. The highest BCUT2D eigenvalue weighted by molar-refractivity contribution is 5.00. The third-order valence-electron chi connectivity index (χ3n) is 3.51. The van der Waals surface area contributed by atoms with Crippen molar-refractivity contribution in [1.29, 1.82) is 0 Å². The van der Waals surface area contributed by atoms with Crippen molar-refractivity contribution in [2.75, 3.05) is 13.2 Å². The Hall–Kier alpha value is -0.240. The molecule has 3 heterocycles. The summed E-state index contributed by atoms with van der Waals surface area (Å²) in [6, 6.07) is 0. The first-order valence-corrected chi connectivity index (χ1v) is 6.25. The van der Waals surface area contributed by atoms with Crippen LogP contribution in [0, 0.1) is 0 Å². The Morgan fingerprint density at radius 3 is 2.33 bits per heavy atom. The van der Waals surface area contributed by atoms with Crippen molar-refractivity contribution in [3.05, 3.63) is 0 Å². The molecule has 6 heteroatoms. The van der Waals surface area contributed by atoms with E-state index in [2.05, 4.69) is 0 Å². The van der Waals surface area contributed by atoms with Crippen LogP contribution >= 0.6 is 0 Å². The number of aliphatic hydroxyl groups is 1. The highest BCUT2D eigenvalue weighted by atomic mass is 16.9. The molecule has 0 saturated carbocycles. The summed E-state index contributed by atoms with van der Waals surface area (Å²) < 4.78 is 28.3. The maximum atomic E-state index is 10.5. The smallest absolute Gasteiger partial charge is 0.224 e. The minimum absolute atomic E-state index is 0.189. The summed E-state index contributed by atoms with van der Waals surface area (Å²) in [5.41, 5.74) is 0. The molecule has 3 saturated heterocycles. The molecule has 104 valence electrons. The zero-order chi connectivity index (χ0) is 13.2. The van der Waals surface area contributed by atoms with E-state index in [1.165, 1.54) is 0 Å². The second-order valence-corrected chi connectivity index (χ2v) is 6.00. The molecule has 0 aromatic heterocycles. The van der Waals surface area contributed by atoms with Gasteiger partial charge in [-0.1, -0.05) is 0 Å². The maximum Gasteiger partial charge on any atom is 0.224 e. The van der Waals surface area contributed by atoms with Gasteiger partial charge in [0.15, 0.2) is 11.6 Å². The Morgan fingerprint density at radius 1 is 1.00 bits per heavy atom. The molecular weight excluding hydrogens is 240 g/mol. The van der Waals surface area contributed by atoms with Crippen molar-refractivity contribution >= 4 is 0 Å². The van der Waals surface area contributed by atoms with Gasteiger partial charge in [0.2, 0.25) is 5.79 Å². The zero-order valence-corrected chi connectivity index (χ0v) is 11.1. The van der Waals surface area contributed by atoms with Crippen LogP contribution in [0.15, 0.2) is 0 Å². The van der Waals surface area contributed by atoms with Gasteiger partial charge in [0.05, 0.1) is 6.61 Å². The fourth-order valence-corrected chi connectivity index (χ4v) is 2.78. The largest absolute Gasteiger partial charge is 0.385 e. The van der Waals surface area contributed by atoms with Crippen LogP contribution < -0.4 is 0 Å². The minimum atomic E-state index is -1.14. The number of hydrogen-bond acceptors (Lipinski definition) is 6. The van der Waals surface area contributed by atoms with E-state index in [-0.39, 0.29) is 12.7 Å². The van der Waals surface area contributed by atoms with Crippen molar-refractivity contribution in [1.82, 2.24) is 0 Å². The normalized spacial score (nSPS) is 49.5. The van der Waals surface area contributed by atoms with Crippen molar-refractivity contribution in [2.24, 2.45) is 0 Å². The summed E-state index contributed by atoms with van der Waals surface area (Å²) >= 11 is 0. The molecular formula is C12H20O6. The fraction of sp³-hybridized carbons (Fsp3) is 1.00. The summed E-state index contributed by atoms with van der Waals surface area (Å²) in [6.07, 6.45) is -1.65. The van der Waals surface area contributed by atoms with E-state index >= 15 is 0 Å². The predicted molar refractivity (Wildman–Crippen MR) is 59.6 cm³/mol. The molecule has 0 radical (unpaired) electrons. The topological polar surface area (TPSA) is 66.4 Å². The van der Waals surface area contributed by atoms with E-state index in [0.717, 1.165) is 0 Å². The zero-order valence-electron chi connectivity index (χ0n) is 11.1. The van der Waals surface area contributed by atoms with Gasteiger partial charge in [0, 0.05) is 0 Å². The fourth-order valence-electron chi connectivity index (χ4n) is 2.78. The molecule has 4 atom stereocenters. The van der Waals surface area contributed by atoms with E-state index in [0.29, 0.717) is 6.61 Å². The molecule has 0 aromatic rings. The van der Waals surface area contributed by atoms with Crippen LogP contribution in [-0.2, 0) is 23.7 Å². The summed E-state index contributed by atoms with van der Waals surface area (Å²) in [4.78, 5) is 0. The Bertz CT molecular complexity index is 352. The number of fused-ring (bicyclic) bond motifs is 1. The van der Waals surface area contributed by atoms with Crippen molar-refractivity contribution in [2.45, 2.75) is 63.4 Å². The van der Waals surface area contributed by atoms with Gasteiger partial charge in [-0.3, -0.25) is 0 Å². The Balaban J connectivity index is 1.82. The third kappa shape index (κ3) is 1.88. The van der Waals surface area contributed by atoms with Crippen molar-refractivity contribution in [3.63, 3.8) is 0 Å². The first-order chi connectivity index (χ1) is 8.23. The molecule has 18 heavy (non-hydrogen) atoms. The van der Waals surface area contributed by atoms with Gasteiger partial charge in [0.1, 0.15) is 24.9 Å². The second-order valence-electron chi connectivity index (χ2n) is 6.00. The summed E-state index contributed by atoms with van der Waals surface area (Å²) in [5, 5.41) is 10.5. The van der Waals surface area contributed by atoms with Crippen LogP contribution in [0.1, 0.15) is 27.7 Å². The molecule has 3 rings (SSSR count). The molecule has 1 unspecified atom stereocenters. The predicted octanol–water partition coefficient (Wildman–Crippen LogP) is 0.377. The molecule has 0 aliphatic carbocycles. The number of ether oxygens (including phenoxy) is 5. The van der Waals surface area contributed by atoms with Gasteiger partial charge in [-0.05, 0) is 27.7 Å². The Kier molecular flexibility index (Phi) is 2.59. The van der Waals surface area contributed by atoms with Gasteiger partial charge in [-0.2, -0.15) is 0 Å². The molecule has 0 aromatic carbocycles. The van der Waals surface area contributed by atoms with Gasteiger partial charge < -0.3 is 28.8 Å². The van der Waals surface area contributed by atoms with E-state index in [1.54, 1.807) is 13.8 Å². The average molecular weight is 260 g/mol. The molecule has 0 amide bonds. The van der Waals surface area contributed by atoms with E-state index in [4.69, 9.17) is 23.7 Å². The van der Waals surface area contributed by atoms with Crippen LogP contribution in [-0.4, -0.2) is 54.0 Å². The molecule has 6 nitrogen and oxygen atoms in total. The lowest BCUT2D eigenvalue weighted by atomic mass is 9.97. The van der Waals surface area contributed by atoms with E-state index < -0.39 is 29.6 Å². The number of aliphatic hydroxyl groups excluding tert-OH is 1. The quantitative estimate of drug-likeness (QED) is 0.679. The first-order valence-electron chi connectivity index (χ1n) is 6.25. The summed E-state index contributed by atoms with van der Waals surface area (Å²) in [5.74, 6) is -2.61. The molecule has 1 N–H and O–H groups in total. The van der Waals surface area contributed by atoms with Gasteiger partial charge in [-0.25, -0.2) is 0 Å². The van der Waals surface area contributed by atoms with Crippen molar-refractivity contribution < 1.29 is 28.8 Å². The van der Waals surface area contributed by atoms with Crippen LogP contribution in [0.4, 0.5) is 0 Å². The maximum absolute atomic E-state index is 10.5. The molecule has 1 spiro atoms. The average Bonchev–Trinajstić information content (AvgIpc) is 2.71. The highest BCUT2D eigenvalue weighted by Crippen LogP contribution is 2.43. The van der Waals surface area contributed by atoms with Crippen LogP contribution in [0.3, 0.4) is 0 Å². The molecule has 3 fully saturated rings. The minimum Gasteiger partial charge on any atom is -0.385 e. The molecule has 3 aliphatic rings. The summed E-state index contributed by atoms with van der Waals surface area (Å²) in [7, 11) is 0. The van der Waals surface area contributed by atoms with Crippen LogP contribution in [0.2, 0.25) is 0 Å². The Labute approximate surface area is 106 Å². The third-order valence-corrected chi connectivity index (χ3v) is 3.51. The number of rotatable bonds is 0. The summed E-state index contributed by atoms with van der Waals surface area (Å²) in [6.45, 7) is 7.74. The monoisotopic (exact) mass is 260 g/mol. The number of hydrogen-bond donors (Lipinski definition) is 1. The highest BCUT2D eigenvalue weighted by Gasteiger charge is 2.62.